The SMILES string of the molecule is Nc1ccc(C(=O)c2ccc(OCCCC3COCCN3)cc2)cc1N. The second kappa shape index (κ2) is 8.69. The van der Waals surface area contributed by atoms with Gasteiger partial charge in [-0.1, -0.05) is 0 Å². The minimum absolute atomic E-state index is 0.0911. The summed E-state index contributed by atoms with van der Waals surface area (Å²) in [6, 6.07) is 12.5. The van der Waals surface area contributed by atoms with Gasteiger partial charge in [0.1, 0.15) is 5.75 Å². The van der Waals surface area contributed by atoms with Crippen LogP contribution in [-0.4, -0.2) is 38.2 Å². The number of anilines is 2. The van der Waals surface area contributed by atoms with Crippen molar-refractivity contribution in [1.29, 1.82) is 0 Å². The maximum atomic E-state index is 12.5. The molecule has 1 fully saturated rings. The highest BCUT2D eigenvalue weighted by Crippen LogP contribution is 2.20. The number of ether oxygens (including phenoxy) is 2. The van der Waals surface area contributed by atoms with E-state index in [1.165, 1.54) is 0 Å². The summed E-state index contributed by atoms with van der Waals surface area (Å²) in [5, 5.41) is 3.43. The molecule has 1 aliphatic heterocycles. The fourth-order valence-corrected chi connectivity index (χ4v) is 2.91. The zero-order valence-electron chi connectivity index (χ0n) is 14.7. The lowest BCUT2D eigenvalue weighted by molar-refractivity contribution is 0.0722. The van der Waals surface area contributed by atoms with Gasteiger partial charge in [0, 0.05) is 23.7 Å². The van der Waals surface area contributed by atoms with Crippen molar-refractivity contribution in [3.05, 3.63) is 53.6 Å². The van der Waals surface area contributed by atoms with E-state index >= 15 is 0 Å². The van der Waals surface area contributed by atoms with Gasteiger partial charge >= 0.3 is 0 Å². The van der Waals surface area contributed by atoms with Crippen LogP contribution in [0.25, 0.3) is 0 Å². The Balaban J connectivity index is 1.49. The highest BCUT2D eigenvalue weighted by molar-refractivity contribution is 6.09. The minimum atomic E-state index is -0.0911. The second-order valence-corrected chi connectivity index (χ2v) is 6.41. The lowest BCUT2D eigenvalue weighted by Crippen LogP contribution is -2.41. The summed E-state index contributed by atoms with van der Waals surface area (Å²) < 4.78 is 11.2. The number of morpholine rings is 1. The third kappa shape index (κ3) is 4.74. The van der Waals surface area contributed by atoms with Gasteiger partial charge in [-0.25, -0.2) is 0 Å². The van der Waals surface area contributed by atoms with E-state index in [0.717, 1.165) is 38.3 Å². The van der Waals surface area contributed by atoms with Crippen molar-refractivity contribution in [2.75, 3.05) is 37.8 Å². The average molecular weight is 355 g/mol. The number of nitrogen functional groups attached to an aromatic ring is 2. The molecule has 0 aromatic heterocycles. The van der Waals surface area contributed by atoms with Crippen LogP contribution in [0.2, 0.25) is 0 Å². The van der Waals surface area contributed by atoms with Crippen molar-refractivity contribution < 1.29 is 14.3 Å². The van der Waals surface area contributed by atoms with Crippen LogP contribution in [-0.2, 0) is 4.74 Å². The highest BCUT2D eigenvalue weighted by Gasteiger charge is 2.13. The molecule has 0 radical (unpaired) electrons. The van der Waals surface area contributed by atoms with Crippen LogP contribution in [0.4, 0.5) is 11.4 Å². The Labute approximate surface area is 153 Å². The number of carbonyl (C=O) groups is 1. The van der Waals surface area contributed by atoms with E-state index in [1.807, 2.05) is 12.1 Å². The number of benzene rings is 2. The van der Waals surface area contributed by atoms with Gasteiger partial charge in [0.15, 0.2) is 5.78 Å². The number of rotatable bonds is 7. The Morgan fingerprint density at radius 3 is 2.58 bits per heavy atom. The predicted molar refractivity (Wildman–Crippen MR) is 102 cm³/mol. The number of hydrogen-bond donors (Lipinski definition) is 3. The van der Waals surface area contributed by atoms with Gasteiger partial charge in [-0.05, 0) is 55.3 Å². The minimum Gasteiger partial charge on any atom is -0.494 e. The number of nitrogens with two attached hydrogens (primary N) is 2. The molecule has 0 amide bonds. The summed E-state index contributed by atoms with van der Waals surface area (Å²) in [6.07, 6.45) is 1.97. The van der Waals surface area contributed by atoms with Crippen LogP contribution in [0.5, 0.6) is 5.75 Å². The molecule has 1 aliphatic rings. The first-order chi connectivity index (χ1) is 12.6. The third-order valence-corrected chi connectivity index (χ3v) is 4.43. The van der Waals surface area contributed by atoms with Crippen molar-refractivity contribution in [2.45, 2.75) is 18.9 Å². The lowest BCUT2D eigenvalue weighted by Gasteiger charge is -2.23. The summed E-state index contributed by atoms with van der Waals surface area (Å²) in [5.74, 6) is 0.665. The molecule has 0 aliphatic carbocycles. The zero-order valence-corrected chi connectivity index (χ0v) is 14.7. The Kier molecular flexibility index (Phi) is 6.09. The van der Waals surface area contributed by atoms with Crippen molar-refractivity contribution in [3.63, 3.8) is 0 Å². The number of carbonyl (C=O) groups excluding carboxylic acids is 1. The van der Waals surface area contributed by atoms with Crippen molar-refractivity contribution in [3.8, 4) is 5.75 Å². The fraction of sp³-hybridized carbons (Fsp3) is 0.350. The van der Waals surface area contributed by atoms with Crippen LogP contribution >= 0.6 is 0 Å². The largest absolute Gasteiger partial charge is 0.494 e. The highest BCUT2D eigenvalue weighted by atomic mass is 16.5. The van der Waals surface area contributed by atoms with Gasteiger partial charge in [-0.3, -0.25) is 4.79 Å². The Bertz CT molecular complexity index is 740. The number of hydrogen-bond acceptors (Lipinski definition) is 6. The average Bonchev–Trinajstić information content (AvgIpc) is 2.68. The maximum Gasteiger partial charge on any atom is 0.193 e. The molecule has 2 aromatic rings. The predicted octanol–water partition coefficient (Wildman–Crippen LogP) is 2.23. The van der Waals surface area contributed by atoms with Crippen LogP contribution in [0.15, 0.2) is 42.5 Å². The quantitative estimate of drug-likeness (QED) is 0.400. The number of nitrogens with one attached hydrogen (secondary N) is 1. The summed E-state index contributed by atoms with van der Waals surface area (Å²) in [6.45, 7) is 3.12. The topological polar surface area (TPSA) is 99.6 Å². The van der Waals surface area contributed by atoms with E-state index in [-0.39, 0.29) is 5.78 Å². The molecule has 6 nitrogen and oxygen atoms in total. The van der Waals surface area contributed by atoms with Gasteiger partial charge in [-0.2, -0.15) is 0 Å². The molecule has 5 N–H and O–H groups in total. The van der Waals surface area contributed by atoms with E-state index in [4.69, 9.17) is 20.9 Å². The first-order valence-corrected chi connectivity index (χ1v) is 8.87. The molecule has 1 heterocycles. The standard InChI is InChI=1S/C20H25N3O3/c21-18-8-5-15(12-19(18)22)20(24)14-3-6-17(7-4-14)26-10-1-2-16-13-25-11-9-23-16/h3-8,12,16,23H,1-2,9-11,13,21-22H2. The molecule has 3 rings (SSSR count). The second-order valence-electron chi connectivity index (χ2n) is 6.41. The monoisotopic (exact) mass is 355 g/mol. The normalized spacial score (nSPS) is 17.0. The molecule has 138 valence electrons. The van der Waals surface area contributed by atoms with E-state index in [0.29, 0.717) is 35.2 Å². The maximum absolute atomic E-state index is 12.5. The van der Waals surface area contributed by atoms with Gasteiger partial charge in [0.2, 0.25) is 0 Å². The molecular formula is C20H25N3O3. The van der Waals surface area contributed by atoms with Crippen LogP contribution in [0.3, 0.4) is 0 Å². The van der Waals surface area contributed by atoms with Gasteiger partial charge in [0.25, 0.3) is 0 Å². The Hall–Kier alpha value is -2.57. The molecule has 1 unspecified atom stereocenters. The molecule has 26 heavy (non-hydrogen) atoms. The van der Waals surface area contributed by atoms with Crippen LogP contribution in [0, 0.1) is 0 Å². The molecule has 0 saturated carbocycles. The summed E-state index contributed by atoms with van der Waals surface area (Å²) >= 11 is 0. The van der Waals surface area contributed by atoms with Gasteiger partial charge in [-0.15, -0.1) is 0 Å². The van der Waals surface area contributed by atoms with Crippen molar-refractivity contribution in [1.82, 2.24) is 5.32 Å². The van der Waals surface area contributed by atoms with E-state index in [1.54, 1.807) is 30.3 Å². The van der Waals surface area contributed by atoms with E-state index in [2.05, 4.69) is 5.32 Å². The molecular weight excluding hydrogens is 330 g/mol. The van der Waals surface area contributed by atoms with Crippen LogP contribution < -0.4 is 21.5 Å². The summed E-state index contributed by atoms with van der Waals surface area (Å²) in [5.41, 5.74) is 13.5. The Morgan fingerprint density at radius 2 is 1.88 bits per heavy atom. The first-order valence-electron chi connectivity index (χ1n) is 8.87. The van der Waals surface area contributed by atoms with Crippen molar-refractivity contribution in [2.24, 2.45) is 0 Å². The molecule has 0 bridgehead atoms. The number of ketones is 1. The molecule has 1 atom stereocenters. The first kappa shape index (κ1) is 18.2. The van der Waals surface area contributed by atoms with E-state index in [9.17, 15) is 4.79 Å². The molecule has 1 saturated heterocycles. The molecule has 2 aromatic carbocycles. The molecule has 0 spiro atoms. The van der Waals surface area contributed by atoms with Gasteiger partial charge in [0.05, 0.1) is 31.2 Å². The summed E-state index contributed by atoms with van der Waals surface area (Å²) in [7, 11) is 0. The zero-order chi connectivity index (χ0) is 18.4. The third-order valence-electron chi connectivity index (χ3n) is 4.43. The lowest BCUT2D eigenvalue weighted by atomic mass is 10.0. The molecule has 6 heteroatoms. The van der Waals surface area contributed by atoms with Gasteiger partial charge < -0.3 is 26.3 Å². The smallest absolute Gasteiger partial charge is 0.193 e. The summed E-state index contributed by atoms with van der Waals surface area (Å²) in [4.78, 5) is 12.5. The van der Waals surface area contributed by atoms with E-state index < -0.39 is 0 Å². The fourth-order valence-electron chi connectivity index (χ4n) is 2.91. The van der Waals surface area contributed by atoms with Crippen molar-refractivity contribution >= 4 is 17.2 Å². The van der Waals surface area contributed by atoms with Crippen LogP contribution in [0.1, 0.15) is 28.8 Å². The Morgan fingerprint density at radius 1 is 1.12 bits per heavy atom.